The van der Waals surface area contributed by atoms with Crippen LogP contribution in [0.25, 0.3) is 0 Å². The smallest absolute Gasteiger partial charge is 0.463 e. The van der Waals surface area contributed by atoms with Crippen LogP contribution in [0.1, 0.15) is 129 Å². The molecule has 7 nitrogen and oxygen atoms in total. The average Bonchev–Trinajstić information content (AvgIpc) is 2.74. The first kappa shape index (κ1) is 32.5. The minimum atomic E-state index is -4.62. The van der Waals surface area contributed by atoms with Gasteiger partial charge in [-0.15, -0.1) is 0 Å². The van der Waals surface area contributed by atoms with Crippen LogP contribution in [0.3, 0.4) is 0 Å². The molecule has 0 aliphatic heterocycles. The molecule has 33 heavy (non-hydrogen) atoms. The van der Waals surface area contributed by atoms with Gasteiger partial charge in [0.15, 0.2) is 0 Å². The Hall–Kier alpha value is -0.460. The highest BCUT2D eigenvalue weighted by Gasteiger charge is 2.17. The monoisotopic (exact) mass is 494 g/mol. The summed E-state index contributed by atoms with van der Waals surface area (Å²) in [6.07, 6.45) is 20.9. The maximum absolute atomic E-state index is 11.6. The van der Waals surface area contributed by atoms with E-state index in [-0.39, 0.29) is 6.61 Å². The number of hydrogen-bond acceptors (Lipinski definition) is 5. The van der Waals surface area contributed by atoms with Gasteiger partial charge in [0.1, 0.15) is 12.7 Å². The Kier molecular flexibility index (Phi) is 21.7. The highest BCUT2D eigenvalue weighted by atomic mass is 31.2. The quantitative estimate of drug-likeness (QED) is 0.0779. The van der Waals surface area contributed by atoms with Gasteiger partial charge in [-0.05, 0) is 12.3 Å². The third kappa shape index (κ3) is 27.7. The second-order valence-electron chi connectivity index (χ2n) is 9.71. The van der Waals surface area contributed by atoms with E-state index < -0.39 is 26.5 Å². The highest BCUT2D eigenvalue weighted by Crippen LogP contribution is 2.35. The summed E-state index contributed by atoms with van der Waals surface area (Å²) in [5.74, 6) is 0.444. The third-order valence-electron chi connectivity index (χ3n) is 5.78. The lowest BCUT2D eigenvalue weighted by Crippen LogP contribution is -2.23. The summed E-state index contributed by atoms with van der Waals surface area (Å²) in [4.78, 5) is 28.7. The zero-order valence-electron chi connectivity index (χ0n) is 21.2. The van der Waals surface area contributed by atoms with Crippen LogP contribution in [0, 0.1) is 5.92 Å². The van der Waals surface area contributed by atoms with Crippen molar-refractivity contribution >= 4 is 13.8 Å². The molecule has 0 amide bonds. The predicted molar refractivity (Wildman–Crippen MR) is 133 cm³/mol. The van der Waals surface area contributed by atoms with Crippen LogP contribution in [-0.2, 0) is 18.6 Å². The van der Waals surface area contributed by atoms with Gasteiger partial charge in [0, 0.05) is 6.42 Å². The molecule has 0 aromatic rings. The minimum absolute atomic E-state index is 0.296. The molecular weight excluding hydrogens is 443 g/mol. The molecule has 0 spiro atoms. The Balaban J connectivity index is 3.26. The van der Waals surface area contributed by atoms with E-state index in [4.69, 9.17) is 14.5 Å². The van der Waals surface area contributed by atoms with Crippen molar-refractivity contribution in [3.05, 3.63) is 0 Å². The van der Waals surface area contributed by atoms with Crippen molar-refractivity contribution in [2.24, 2.45) is 5.92 Å². The molecule has 0 aliphatic carbocycles. The van der Waals surface area contributed by atoms with Gasteiger partial charge >= 0.3 is 13.8 Å². The van der Waals surface area contributed by atoms with E-state index in [0.717, 1.165) is 25.2 Å². The summed E-state index contributed by atoms with van der Waals surface area (Å²) in [5, 5.41) is 9.45. The number of phosphoric ester groups is 1. The first-order valence-electron chi connectivity index (χ1n) is 13.2. The Morgan fingerprint density at radius 2 is 1.09 bits per heavy atom. The SMILES string of the molecule is CC(C)CCCCCCCCCCCCCCCCCCC(=O)OCC(O)COP(=O)(O)O. The van der Waals surface area contributed by atoms with Gasteiger partial charge in [-0.25, -0.2) is 4.57 Å². The molecule has 0 rings (SSSR count). The summed E-state index contributed by atoms with van der Waals surface area (Å²) in [6, 6.07) is 0. The van der Waals surface area contributed by atoms with Crippen LogP contribution in [0.15, 0.2) is 0 Å². The second kappa shape index (κ2) is 22.0. The molecule has 0 aliphatic rings. The largest absolute Gasteiger partial charge is 0.469 e. The predicted octanol–water partition coefficient (Wildman–Crippen LogP) is 6.68. The van der Waals surface area contributed by atoms with E-state index >= 15 is 0 Å². The van der Waals surface area contributed by atoms with Crippen molar-refractivity contribution in [2.75, 3.05) is 13.2 Å². The van der Waals surface area contributed by atoms with Crippen LogP contribution in [-0.4, -0.2) is 40.2 Å². The van der Waals surface area contributed by atoms with Crippen molar-refractivity contribution in [1.82, 2.24) is 0 Å². The van der Waals surface area contributed by atoms with Gasteiger partial charge in [0.2, 0.25) is 0 Å². The number of aliphatic hydroxyl groups excluding tert-OH is 1. The van der Waals surface area contributed by atoms with Crippen molar-refractivity contribution < 1.29 is 33.5 Å². The number of unbranched alkanes of at least 4 members (excludes halogenated alkanes) is 15. The fourth-order valence-electron chi connectivity index (χ4n) is 3.79. The molecule has 1 unspecified atom stereocenters. The summed E-state index contributed by atoms with van der Waals surface area (Å²) < 4.78 is 19.6. The van der Waals surface area contributed by atoms with Crippen molar-refractivity contribution in [3.63, 3.8) is 0 Å². The van der Waals surface area contributed by atoms with Gasteiger partial charge < -0.3 is 19.6 Å². The van der Waals surface area contributed by atoms with Gasteiger partial charge in [-0.1, -0.05) is 117 Å². The van der Waals surface area contributed by atoms with Gasteiger partial charge in [-0.2, -0.15) is 0 Å². The standard InChI is InChI=1S/C25H51O7P/c1-23(2)19-17-15-13-11-9-7-5-3-4-6-8-10-12-14-16-18-20-25(27)31-21-24(26)22-32-33(28,29)30/h23-24,26H,3-22H2,1-2H3,(H2,28,29,30). The van der Waals surface area contributed by atoms with E-state index in [1.165, 1.54) is 89.9 Å². The molecule has 1 atom stereocenters. The Morgan fingerprint density at radius 3 is 1.48 bits per heavy atom. The zero-order valence-corrected chi connectivity index (χ0v) is 22.1. The molecule has 8 heteroatoms. The molecule has 0 saturated carbocycles. The number of hydrogen-bond donors (Lipinski definition) is 3. The maximum Gasteiger partial charge on any atom is 0.469 e. The number of carbonyl (C=O) groups excluding carboxylic acids is 1. The van der Waals surface area contributed by atoms with Crippen LogP contribution in [0.5, 0.6) is 0 Å². The van der Waals surface area contributed by atoms with E-state index in [1.54, 1.807) is 0 Å². The van der Waals surface area contributed by atoms with Crippen LogP contribution in [0.2, 0.25) is 0 Å². The number of esters is 1. The van der Waals surface area contributed by atoms with Gasteiger partial charge in [0.05, 0.1) is 6.61 Å². The maximum atomic E-state index is 11.6. The first-order chi connectivity index (χ1) is 15.7. The Bertz CT molecular complexity index is 493. The van der Waals surface area contributed by atoms with Gasteiger partial charge in [-0.3, -0.25) is 9.32 Å². The lowest BCUT2D eigenvalue weighted by Gasteiger charge is -2.12. The first-order valence-corrected chi connectivity index (χ1v) is 14.8. The lowest BCUT2D eigenvalue weighted by molar-refractivity contribution is -0.147. The number of aliphatic hydroxyl groups is 1. The molecule has 0 radical (unpaired) electrons. The number of ether oxygens (including phenoxy) is 1. The molecule has 0 aromatic carbocycles. The Labute approximate surface area is 202 Å². The second-order valence-corrected chi connectivity index (χ2v) is 11.0. The van der Waals surface area contributed by atoms with Crippen LogP contribution >= 0.6 is 7.82 Å². The normalized spacial score (nSPS) is 12.9. The molecule has 3 N–H and O–H groups in total. The molecule has 0 fully saturated rings. The number of rotatable bonds is 24. The molecule has 198 valence electrons. The number of phosphoric acid groups is 1. The number of carbonyl (C=O) groups is 1. The molecule has 0 heterocycles. The van der Waals surface area contributed by atoms with E-state index in [0.29, 0.717) is 6.42 Å². The Morgan fingerprint density at radius 1 is 0.697 bits per heavy atom. The molecule has 0 bridgehead atoms. The fourth-order valence-corrected chi connectivity index (χ4v) is 4.16. The third-order valence-corrected chi connectivity index (χ3v) is 6.27. The van der Waals surface area contributed by atoms with Crippen LogP contribution < -0.4 is 0 Å². The summed E-state index contributed by atoms with van der Waals surface area (Å²) in [5.41, 5.74) is 0. The summed E-state index contributed by atoms with van der Waals surface area (Å²) in [6.45, 7) is 3.72. The average molecular weight is 495 g/mol. The molecule has 0 aromatic heterocycles. The topological polar surface area (TPSA) is 113 Å². The van der Waals surface area contributed by atoms with Crippen molar-refractivity contribution in [1.29, 1.82) is 0 Å². The van der Waals surface area contributed by atoms with Crippen molar-refractivity contribution in [3.8, 4) is 0 Å². The van der Waals surface area contributed by atoms with Crippen LogP contribution in [0.4, 0.5) is 0 Å². The van der Waals surface area contributed by atoms with E-state index in [2.05, 4.69) is 18.4 Å². The van der Waals surface area contributed by atoms with Gasteiger partial charge in [0.25, 0.3) is 0 Å². The van der Waals surface area contributed by atoms with E-state index in [9.17, 15) is 14.5 Å². The molecule has 0 saturated heterocycles. The minimum Gasteiger partial charge on any atom is -0.463 e. The summed E-state index contributed by atoms with van der Waals surface area (Å²) >= 11 is 0. The fraction of sp³-hybridized carbons (Fsp3) is 0.960. The van der Waals surface area contributed by atoms with E-state index in [1.807, 2.05) is 0 Å². The van der Waals surface area contributed by atoms with Crippen molar-refractivity contribution in [2.45, 2.75) is 136 Å². The summed E-state index contributed by atoms with van der Waals surface area (Å²) in [7, 11) is -4.62. The zero-order chi connectivity index (χ0) is 24.8. The molecular formula is C25H51O7P. The lowest BCUT2D eigenvalue weighted by atomic mass is 10.0. The highest BCUT2D eigenvalue weighted by molar-refractivity contribution is 7.46.